The predicted molar refractivity (Wildman–Crippen MR) is 132 cm³/mol. The van der Waals surface area contributed by atoms with E-state index in [4.69, 9.17) is 10.3 Å². The van der Waals surface area contributed by atoms with E-state index < -0.39 is 5.82 Å². The molecule has 0 spiro atoms. The highest BCUT2D eigenvalue weighted by atomic mass is 19.1. The summed E-state index contributed by atoms with van der Waals surface area (Å²) in [7, 11) is 0. The summed E-state index contributed by atoms with van der Waals surface area (Å²) in [5.41, 5.74) is 4.39. The Balaban J connectivity index is 1.59. The Bertz CT molecular complexity index is 1270. The summed E-state index contributed by atoms with van der Waals surface area (Å²) in [4.78, 5) is 20.2. The fourth-order valence-corrected chi connectivity index (χ4v) is 5.17. The summed E-state index contributed by atoms with van der Waals surface area (Å²) in [6, 6.07) is 14.7. The molecule has 0 aromatic heterocycles. The highest BCUT2D eigenvalue weighted by Gasteiger charge is 2.37. The van der Waals surface area contributed by atoms with Crippen LogP contribution >= 0.6 is 0 Å². The van der Waals surface area contributed by atoms with Crippen molar-refractivity contribution in [2.45, 2.75) is 37.5 Å². The maximum Gasteiger partial charge on any atom is 0.272 e. The monoisotopic (exact) mass is 469 g/mol. The van der Waals surface area contributed by atoms with Crippen molar-refractivity contribution in [3.05, 3.63) is 94.5 Å². The third-order valence-corrected chi connectivity index (χ3v) is 7.29. The number of carbonyl (C=O) groups is 1. The van der Waals surface area contributed by atoms with Crippen molar-refractivity contribution in [2.24, 2.45) is 10.9 Å². The van der Waals surface area contributed by atoms with Gasteiger partial charge in [-0.25, -0.2) is 9.38 Å². The number of hydrogen-bond donors (Lipinski definition) is 1. The second kappa shape index (κ2) is 9.59. The lowest BCUT2D eigenvalue weighted by atomic mass is 9.83. The molecule has 1 unspecified atom stereocenters. The van der Waals surface area contributed by atoms with E-state index in [0.29, 0.717) is 42.4 Å². The van der Waals surface area contributed by atoms with E-state index >= 15 is 0 Å². The zero-order chi connectivity index (χ0) is 24.5. The fourth-order valence-electron chi connectivity index (χ4n) is 5.17. The number of nitriles is 1. The third-order valence-electron chi connectivity index (χ3n) is 7.29. The Kier molecular flexibility index (Phi) is 6.36. The Morgan fingerprint density at radius 1 is 1.20 bits per heavy atom. The van der Waals surface area contributed by atoms with E-state index in [1.165, 1.54) is 30.5 Å². The van der Waals surface area contributed by atoms with Crippen LogP contribution in [0.4, 0.5) is 4.39 Å². The lowest BCUT2D eigenvalue weighted by Crippen LogP contribution is -2.29. The molecule has 1 amide bonds. The number of hydrogen-bond acceptors (Lipinski definition) is 4. The number of amides is 1. The first-order valence-electron chi connectivity index (χ1n) is 12.2. The van der Waals surface area contributed by atoms with E-state index in [1.807, 2.05) is 12.1 Å². The molecule has 0 bridgehead atoms. The van der Waals surface area contributed by atoms with Gasteiger partial charge in [0.2, 0.25) is 0 Å². The standard InChI is InChI=1S/C29H28FN3O2/c1-2-18-11-13-33(17-18)29(35)28-24(12-14-34)26(21-7-5-20(6-8-21)19-3-4-19)27(32-28)22-9-10-23(16-31)25(30)15-22/h2,5-10,15,18-19,26,34H,1,3-4,11-14,17H2/t18-,26?/m0/s1. The minimum Gasteiger partial charge on any atom is -0.396 e. The molecule has 3 aliphatic rings. The van der Waals surface area contributed by atoms with Crippen LogP contribution in [0.15, 0.2) is 71.4 Å². The van der Waals surface area contributed by atoms with Crippen molar-refractivity contribution in [3.8, 4) is 6.07 Å². The van der Waals surface area contributed by atoms with Gasteiger partial charge in [-0.15, -0.1) is 6.58 Å². The first-order chi connectivity index (χ1) is 17.0. The number of aliphatic hydroxyl groups is 1. The smallest absolute Gasteiger partial charge is 0.272 e. The first-order valence-corrected chi connectivity index (χ1v) is 12.2. The largest absolute Gasteiger partial charge is 0.396 e. The van der Waals surface area contributed by atoms with Crippen molar-refractivity contribution in [1.29, 1.82) is 5.26 Å². The molecule has 1 aliphatic carbocycles. The molecular weight excluding hydrogens is 441 g/mol. The lowest BCUT2D eigenvalue weighted by Gasteiger charge is -2.20. The van der Waals surface area contributed by atoms with Gasteiger partial charge in [0.1, 0.15) is 17.6 Å². The normalized spacial score (nSPS) is 21.7. The van der Waals surface area contributed by atoms with Gasteiger partial charge < -0.3 is 10.0 Å². The molecule has 2 aromatic carbocycles. The Hall–Kier alpha value is -3.56. The lowest BCUT2D eigenvalue weighted by molar-refractivity contribution is -0.126. The van der Waals surface area contributed by atoms with Gasteiger partial charge in [-0.05, 0) is 71.9 Å². The van der Waals surface area contributed by atoms with Gasteiger partial charge in [-0.2, -0.15) is 5.26 Å². The molecule has 2 aromatic rings. The van der Waals surface area contributed by atoms with Crippen molar-refractivity contribution >= 4 is 11.6 Å². The van der Waals surface area contributed by atoms with E-state index in [9.17, 15) is 14.3 Å². The number of aliphatic hydroxyl groups excluding tert-OH is 1. The molecule has 2 aliphatic heterocycles. The fraction of sp³-hybridized carbons (Fsp3) is 0.345. The van der Waals surface area contributed by atoms with Crippen molar-refractivity contribution in [1.82, 2.24) is 4.90 Å². The quantitative estimate of drug-likeness (QED) is 0.590. The second-order valence-corrected chi connectivity index (χ2v) is 9.56. The Labute approximate surface area is 204 Å². The van der Waals surface area contributed by atoms with Crippen LogP contribution in [0.5, 0.6) is 0 Å². The van der Waals surface area contributed by atoms with Gasteiger partial charge in [0, 0.05) is 19.7 Å². The van der Waals surface area contributed by atoms with Crippen molar-refractivity contribution in [3.63, 3.8) is 0 Å². The molecule has 1 saturated heterocycles. The Morgan fingerprint density at radius 3 is 2.54 bits per heavy atom. The molecule has 178 valence electrons. The molecule has 2 heterocycles. The van der Waals surface area contributed by atoms with E-state index in [2.05, 4.69) is 30.8 Å². The molecular formula is C29H28FN3O2. The molecule has 0 radical (unpaired) electrons. The number of rotatable bonds is 7. The summed E-state index contributed by atoms with van der Waals surface area (Å²) in [6.07, 6.45) is 5.44. The van der Waals surface area contributed by atoms with Crippen LogP contribution in [-0.2, 0) is 4.79 Å². The summed E-state index contributed by atoms with van der Waals surface area (Å²) >= 11 is 0. The van der Waals surface area contributed by atoms with E-state index in [1.54, 1.807) is 11.0 Å². The molecule has 5 nitrogen and oxygen atoms in total. The first kappa shape index (κ1) is 23.2. The number of benzene rings is 2. The van der Waals surface area contributed by atoms with Crippen LogP contribution in [0.3, 0.4) is 0 Å². The average Bonchev–Trinajstić information content (AvgIpc) is 3.50. The van der Waals surface area contributed by atoms with Gasteiger partial charge in [0.05, 0.1) is 17.2 Å². The van der Waals surface area contributed by atoms with Gasteiger partial charge in [0.25, 0.3) is 5.91 Å². The zero-order valence-electron chi connectivity index (χ0n) is 19.6. The van der Waals surface area contributed by atoms with Crippen LogP contribution in [0.2, 0.25) is 0 Å². The van der Waals surface area contributed by atoms with Gasteiger partial charge in [-0.3, -0.25) is 4.79 Å². The maximum atomic E-state index is 14.6. The third kappa shape index (κ3) is 4.44. The average molecular weight is 470 g/mol. The maximum absolute atomic E-state index is 14.6. The zero-order valence-corrected chi connectivity index (χ0v) is 19.6. The van der Waals surface area contributed by atoms with Crippen molar-refractivity contribution < 1.29 is 14.3 Å². The van der Waals surface area contributed by atoms with Crippen molar-refractivity contribution in [2.75, 3.05) is 19.7 Å². The minimum atomic E-state index is -0.618. The minimum absolute atomic E-state index is 0.0370. The molecule has 6 heteroatoms. The number of carbonyl (C=O) groups excluding carboxylic acids is 1. The van der Waals surface area contributed by atoms with Crippen LogP contribution in [0, 0.1) is 23.1 Å². The number of aliphatic imine (C=N–C) groups is 1. The number of halogens is 1. The predicted octanol–water partition coefficient (Wildman–Crippen LogP) is 4.83. The number of nitrogens with zero attached hydrogens (tertiary/aromatic N) is 3. The van der Waals surface area contributed by atoms with E-state index in [-0.39, 0.29) is 29.9 Å². The van der Waals surface area contributed by atoms with Gasteiger partial charge in [0.15, 0.2) is 0 Å². The number of likely N-dealkylation sites (tertiary alicyclic amines) is 1. The summed E-state index contributed by atoms with van der Waals surface area (Å²) < 4.78 is 14.6. The summed E-state index contributed by atoms with van der Waals surface area (Å²) in [6.45, 7) is 4.96. The van der Waals surface area contributed by atoms with Crippen LogP contribution in [-0.4, -0.2) is 41.3 Å². The summed E-state index contributed by atoms with van der Waals surface area (Å²) in [5.74, 6) is -0.288. The SMILES string of the molecule is C=C[C@H]1CCN(C(=O)C2=C(CCO)C(c3ccc(C4CC4)cc3)C(c3ccc(C#N)c(F)c3)=N2)C1. The molecule has 1 N–H and O–H groups in total. The Morgan fingerprint density at radius 2 is 1.94 bits per heavy atom. The molecule has 2 atom stereocenters. The highest BCUT2D eigenvalue weighted by molar-refractivity contribution is 6.13. The molecule has 1 saturated carbocycles. The molecule has 5 rings (SSSR count). The van der Waals surface area contributed by atoms with Crippen LogP contribution in [0.1, 0.15) is 59.8 Å². The highest BCUT2D eigenvalue weighted by Crippen LogP contribution is 2.43. The topological polar surface area (TPSA) is 76.7 Å². The van der Waals surface area contributed by atoms with Gasteiger partial charge >= 0.3 is 0 Å². The van der Waals surface area contributed by atoms with Crippen LogP contribution < -0.4 is 0 Å². The van der Waals surface area contributed by atoms with Crippen LogP contribution in [0.25, 0.3) is 0 Å². The molecule has 35 heavy (non-hydrogen) atoms. The molecule has 2 fully saturated rings. The summed E-state index contributed by atoms with van der Waals surface area (Å²) in [5, 5.41) is 19.1. The van der Waals surface area contributed by atoms with E-state index in [0.717, 1.165) is 17.6 Å². The second-order valence-electron chi connectivity index (χ2n) is 9.56. The van der Waals surface area contributed by atoms with Gasteiger partial charge in [-0.1, -0.05) is 36.4 Å².